The van der Waals surface area contributed by atoms with E-state index in [0.29, 0.717) is 16.6 Å². The van der Waals surface area contributed by atoms with Gasteiger partial charge in [-0.1, -0.05) is 29.3 Å². The lowest BCUT2D eigenvalue weighted by Gasteiger charge is -2.15. The summed E-state index contributed by atoms with van der Waals surface area (Å²) in [4.78, 5) is 4.15. The molecule has 0 bridgehead atoms. The second kappa shape index (κ2) is 5.69. The average Bonchev–Trinajstić information content (AvgIpc) is 2.72. The van der Waals surface area contributed by atoms with Crippen molar-refractivity contribution in [2.45, 2.75) is 19.5 Å². The van der Waals surface area contributed by atoms with E-state index in [1.807, 2.05) is 26.1 Å². The number of nitrogens with one attached hydrogen (secondary N) is 1. The van der Waals surface area contributed by atoms with Crippen LogP contribution < -0.4 is 5.32 Å². The van der Waals surface area contributed by atoms with Crippen LogP contribution >= 0.6 is 23.2 Å². The molecule has 2 rings (SSSR count). The second-order valence-electron chi connectivity index (χ2n) is 4.07. The molecule has 6 heteroatoms. The van der Waals surface area contributed by atoms with E-state index >= 15 is 0 Å². The topological polar surface area (TPSA) is 42.7 Å². The largest absolute Gasteiger partial charge is 0.303 e. The fourth-order valence-electron chi connectivity index (χ4n) is 1.69. The number of hydrogen-bond donors (Lipinski definition) is 1. The van der Waals surface area contributed by atoms with Crippen molar-refractivity contribution in [1.29, 1.82) is 0 Å². The molecule has 1 heterocycles. The van der Waals surface area contributed by atoms with E-state index < -0.39 is 0 Å². The summed E-state index contributed by atoms with van der Waals surface area (Å²) in [7, 11) is 1.87. The number of nitrogens with zero attached hydrogens (tertiary/aromatic N) is 3. The number of halogens is 2. The molecule has 0 saturated heterocycles. The van der Waals surface area contributed by atoms with Crippen LogP contribution in [0.3, 0.4) is 0 Å². The molecule has 0 amide bonds. The molecule has 96 valence electrons. The molecule has 0 radical (unpaired) electrons. The molecule has 18 heavy (non-hydrogen) atoms. The highest BCUT2D eigenvalue weighted by atomic mass is 35.5. The molecule has 1 N–H and O–H groups in total. The van der Waals surface area contributed by atoms with Gasteiger partial charge in [-0.3, -0.25) is 4.68 Å². The Morgan fingerprint density at radius 2 is 2.17 bits per heavy atom. The smallest absolute Gasteiger partial charge is 0.140 e. The summed E-state index contributed by atoms with van der Waals surface area (Å²) in [5.41, 5.74) is 1.02. The zero-order valence-electron chi connectivity index (χ0n) is 10.2. The van der Waals surface area contributed by atoms with Gasteiger partial charge in [-0.15, -0.1) is 0 Å². The molecule has 1 aromatic heterocycles. The van der Waals surface area contributed by atoms with Crippen molar-refractivity contribution in [3.05, 3.63) is 46.0 Å². The van der Waals surface area contributed by atoms with Crippen molar-refractivity contribution >= 4 is 23.2 Å². The average molecular weight is 285 g/mol. The number of aromatic nitrogens is 3. The van der Waals surface area contributed by atoms with Gasteiger partial charge in [0.2, 0.25) is 0 Å². The molecule has 0 aliphatic heterocycles. The summed E-state index contributed by atoms with van der Waals surface area (Å²) in [6, 6.07) is 5.63. The van der Waals surface area contributed by atoms with E-state index in [1.54, 1.807) is 10.7 Å². The van der Waals surface area contributed by atoms with E-state index in [1.165, 1.54) is 6.33 Å². The van der Waals surface area contributed by atoms with Gasteiger partial charge in [-0.05, 0) is 24.6 Å². The van der Waals surface area contributed by atoms with Gasteiger partial charge < -0.3 is 5.32 Å². The highest BCUT2D eigenvalue weighted by molar-refractivity contribution is 6.35. The fraction of sp³-hybridized carbons (Fsp3) is 0.333. The Hall–Kier alpha value is -1.10. The third-order valence-electron chi connectivity index (χ3n) is 2.80. The maximum atomic E-state index is 6.16. The van der Waals surface area contributed by atoms with Crippen molar-refractivity contribution < 1.29 is 0 Å². The van der Waals surface area contributed by atoms with Crippen LogP contribution in [0.15, 0.2) is 24.5 Å². The second-order valence-corrected chi connectivity index (χ2v) is 4.91. The third-order valence-corrected chi connectivity index (χ3v) is 3.36. The number of aryl methyl sites for hydroxylation is 1. The lowest BCUT2D eigenvalue weighted by Crippen LogP contribution is -2.20. The van der Waals surface area contributed by atoms with Gasteiger partial charge in [0.05, 0.1) is 6.54 Å². The Kier molecular flexibility index (Phi) is 4.22. The van der Waals surface area contributed by atoms with Crippen LogP contribution in [-0.2, 0) is 13.6 Å². The Morgan fingerprint density at radius 3 is 2.78 bits per heavy atom. The normalized spacial score (nSPS) is 12.7. The first-order chi connectivity index (χ1) is 8.58. The molecule has 4 nitrogen and oxygen atoms in total. The van der Waals surface area contributed by atoms with Gasteiger partial charge in [-0.25, -0.2) is 4.98 Å². The maximum Gasteiger partial charge on any atom is 0.140 e. The molecule has 1 atom stereocenters. The molecule has 0 fully saturated rings. The van der Waals surface area contributed by atoms with Crippen LogP contribution in [0.5, 0.6) is 0 Å². The Labute approximate surface area is 116 Å². The molecule has 0 spiro atoms. The van der Waals surface area contributed by atoms with Gasteiger partial charge >= 0.3 is 0 Å². The predicted octanol–water partition coefficient (Wildman–Crippen LogP) is 2.97. The lowest BCUT2D eigenvalue weighted by molar-refractivity contribution is 0.540. The summed E-state index contributed by atoms with van der Waals surface area (Å²) in [5, 5.41) is 8.68. The Bertz CT molecular complexity index is 539. The summed E-state index contributed by atoms with van der Waals surface area (Å²) in [5.74, 6) is 0.881. The van der Waals surface area contributed by atoms with Crippen molar-refractivity contribution in [1.82, 2.24) is 20.1 Å². The van der Waals surface area contributed by atoms with E-state index in [-0.39, 0.29) is 6.04 Å². The van der Waals surface area contributed by atoms with Crippen molar-refractivity contribution in [3.8, 4) is 0 Å². The lowest BCUT2D eigenvalue weighted by atomic mass is 10.1. The van der Waals surface area contributed by atoms with Crippen molar-refractivity contribution in [2.75, 3.05) is 0 Å². The van der Waals surface area contributed by atoms with E-state index in [0.717, 1.165) is 11.4 Å². The molecule has 0 aliphatic rings. The van der Waals surface area contributed by atoms with E-state index in [4.69, 9.17) is 23.2 Å². The Morgan fingerprint density at radius 1 is 1.39 bits per heavy atom. The zero-order valence-corrected chi connectivity index (χ0v) is 11.7. The van der Waals surface area contributed by atoms with E-state index in [2.05, 4.69) is 15.4 Å². The minimum absolute atomic E-state index is 0.117. The van der Waals surface area contributed by atoms with Gasteiger partial charge in [0.1, 0.15) is 12.2 Å². The number of rotatable bonds is 4. The zero-order chi connectivity index (χ0) is 13.1. The summed E-state index contributed by atoms with van der Waals surface area (Å²) >= 11 is 12.0. The standard InChI is InChI=1S/C12H14Cl2N4/c1-8(10-4-3-9(13)5-11(10)14)15-6-12-16-7-17-18(12)2/h3-5,7-8,15H,6H2,1-2H3. The van der Waals surface area contributed by atoms with E-state index in [9.17, 15) is 0 Å². The maximum absolute atomic E-state index is 6.16. The molecular formula is C12H14Cl2N4. The predicted molar refractivity (Wildman–Crippen MR) is 72.7 cm³/mol. The first kappa shape index (κ1) is 13.3. The minimum Gasteiger partial charge on any atom is -0.303 e. The van der Waals surface area contributed by atoms with Crippen LogP contribution in [0, 0.1) is 0 Å². The third kappa shape index (κ3) is 3.02. The minimum atomic E-state index is 0.117. The Balaban J connectivity index is 2.03. The molecular weight excluding hydrogens is 271 g/mol. The van der Waals surface area contributed by atoms with Crippen LogP contribution in [-0.4, -0.2) is 14.8 Å². The summed E-state index contributed by atoms with van der Waals surface area (Å²) < 4.78 is 1.74. The van der Waals surface area contributed by atoms with Crippen molar-refractivity contribution in [3.63, 3.8) is 0 Å². The molecule has 2 aromatic rings. The fourth-order valence-corrected chi connectivity index (χ4v) is 2.26. The first-order valence-electron chi connectivity index (χ1n) is 5.59. The first-order valence-corrected chi connectivity index (χ1v) is 6.34. The van der Waals surface area contributed by atoms with Gasteiger partial charge in [0.15, 0.2) is 0 Å². The molecule has 0 aliphatic carbocycles. The quantitative estimate of drug-likeness (QED) is 0.939. The number of benzene rings is 1. The van der Waals surface area contributed by atoms with Crippen LogP contribution in [0.1, 0.15) is 24.4 Å². The van der Waals surface area contributed by atoms with Crippen molar-refractivity contribution in [2.24, 2.45) is 7.05 Å². The number of hydrogen-bond acceptors (Lipinski definition) is 3. The summed E-state index contributed by atoms with van der Waals surface area (Å²) in [6.07, 6.45) is 1.54. The van der Waals surface area contributed by atoms with Gasteiger partial charge in [-0.2, -0.15) is 5.10 Å². The molecule has 0 saturated carbocycles. The van der Waals surface area contributed by atoms with Crippen LogP contribution in [0.25, 0.3) is 0 Å². The molecule has 1 unspecified atom stereocenters. The van der Waals surface area contributed by atoms with Gasteiger partial charge in [0, 0.05) is 23.1 Å². The van der Waals surface area contributed by atoms with Crippen LogP contribution in [0.4, 0.5) is 0 Å². The molecule has 1 aromatic carbocycles. The van der Waals surface area contributed by atoms with Crippen LogP contribution in [0.2, 0.25) is 10.0 Å². The SMILES string of the molecule is CC(NCc1ncnn1C)c1ccc(Cl)cc1Cl. The monoisotopic (exact) mass is 284 g/mol. The highest BCUT2D eigenvalue weighted by Gasteiger charge is 2.10. The summed E-state index contributed by atoms with van der Waals surface area (Å²) in [6.45, 7) is 2.68. The highest BCUT2D eigenvalue weighted by Crippen LogP contribution is 2.26. The van der Waals surface area contributed by atoms with Gasteiger partial charge in [0.25, 0.3) is 0 Å².